The zero-order valence-electron chi connectivity index (χ0n) is 14.9. The third-order valence-electron chi connectivity index (χ3n) is 4.39. The highest BCUT2D eigenvalue weighted by molar-refractivity contribution is 6.02. The van der Waals surface area contributed by atoms with E-state index in [4.69, 9.17) is 0 Å². The minimum atomic E-state index is -0.331. The molecule has 0 unspecified atom stereocenters. The normalized spacial score (nSPS) is 14.4. The van der Waals surface area contributed by atoms with Crippen LogP contribution in [0.15, 0.2) is 48.5 Å². The Morgan fingerprint density at radius 3 is 2.62 bits per heavy atom. The number of anilines is 2. The summed E-state index contributed by atoms with van der Waals surface area (Å²) < 4.78 is 0. The van der Waals surface area contributed by atoms with Crippen LogP contribution in [0.25, 0.3) is 0 Å². The van der Waals surface area contributed by atoms with Gasteiger partial charge in [-0.2, -0.15) is 0 Å². The second-order valence-corrected chi connectivity index (χ2v) is 6.37. The standard InChI is InChI=1S/C20H24N4O2/c1-15-8-9-16(19(25)24-12-5-10-21-11-13-24)14-18(15)23-20(26)22-17-6-3-2-4-7-17/h2-4,6-9,14,21H,5,10-13H2,1H3,(H2,22,23,26). The van der Waals surface area contributed by atoms with Crippen molar-refractivity contribution in [2.75, 3.05) is 36.8 Å². The maximum atomic E-state index is 12.8. The first-order chi connectivity index (χ1) is 12.6. The molecule has 0 bridgehead atoms. The van der Waals surface area contributed by atoms with Gasteiger partial charge in [0.25, 0.3) is 5.91 Å². The molecule has 0 saturated carbocycles. The number of amides is 3. The van der Waals surface area contributed by atoms with E-state index in [-0.39, 0.29) is 11.9 Å². The van der Waals surface area contributed by atoms with E-state index in [1.165, 1.54) is 0 Å². The first-order valence-electron chi connectivity index (χ1n) is 8.87. The third kappa shape index (κ3) is 4.61. The third-order valence-corrected chi connectivity index (χ3v) is 4.39. The number of nitrogens with zero attached hydrogens (tertiary/aromatic N) is 1. The van der Waals surface area contributed by atoms with Gasteiger partial charge in [-0.1, -0.05) is 24.3 Å². The van der Waals surface area contributed by atoms with Crippen LogP contribution in [0.5, 0.6) is 0 Å². The lowest BCUT2D eigenvalue weighted by Crippen LogP contribution is -2.34. The first-order valence-corrected chi connectivity index (χ1v) is 8.87. The number of urea groups is 1. The lowest BCUT2D eigenvalue weighted by atomic mass is 10.1. The molecular formula is C20H24N4O2. The summed E-state index contributed by atoms with van der Waals surface area (Å²) in [6.07, 6.45) is 0.947. The van der Waals surface area contributed by atoms with Gasteiger partial charge in [0.2, 0.25) is 0 Å². The summed E-state index contributed by atoms with van der Waals surface area (Å²) in [5, 5.41) is 8.91. The predicted octanol–water partition coefficient (Wildman–Crippen LogP) is 3.07. The molecule has 1 saturated heterocycles. The molecule has 0 radical (unpaired) electrons. The predicted molar refractivity (Wildman–Crippen MR) is 104 cm³/mol. The van der Waals surface area contributed by atoms with Gasteiger partial charge in [-0.25, -0.2) is 4.79 Å². The van der Waals surface area contributed by atoms with Crippen molar-refractivity contribution in [1.82, 2.24) is 10.2 Å². The van der Waals surface area contributed by atoms with Crippen molar-refractivity contribution in [2.45, 2.75) is 13.3 Å². The monoisotopic (exact) mass is 352 g/mol. The van der Waals surface area contributed by atoms with Crippen molar-refractivity contribution < 1.29 is 9.59 Å². The van der Waals surface area contributed by atoms with E-state index in [0.717, 1.165) is 31.6 Å². The van der Waals surface area contributed by atoms with Crippen molar-refractivity contribution in [1.29, 1.82) is 0 Å². The van der Waals surface area contributed by atoms with E-state index in [1.54, 1.807) is 6.07 Å². The Morgan fingerprint density at radius 1 is 1.00 bits per heavy atom. The average molecular weight is 352 g/mol. The molecule has 3 N–H and O–H groups in total. The molecule has 6 nitrogen and oxygen atoms in total. The number of hydrogen-bond donors (Lipinski definition) is 3. The second kappa shape index (κ2) is 8.49. The van der Waals surface area contributed by atoms with Gasteiger partial charge < -0.3 is 20.9 Å². The van der Waals surface area contributed by atoms with Gasteiger partial charge in [-0.15, -0.1) is 0 Å². The van der Waals surface area contributed by atoms with Gasteiger partial charge in [-0.3, -0.25) is 4.79 Å². The van der Waals surface area contributed by atoms with Crippen LogP contribution in [0, 0.1) is 6.92 Å². The summed E-state index contributed by atoms with van der Waals surface area (Å²) in [4.78, 5) is 26.9. The summed E-state index contributed by atoms with van der Waals surface area (Å²) in [6, 6.07) is 14.3. The van der Waals surface area contributed by atoms with Gasteiger partial charge in [0, 0.05) is 36.6 Å². The average Bonchev–Trinajstić information content (AvgIpc) is 2.93. The fraction of sp³-hybridized carbons (Fsp3) is 0.300. The van der Waals surface area contributed by atoms with Crippen LogP contribution < -0.4 is 16.0 Å². The first kappa shape index (κ1) is 17.9. The molecule has 2 aromatic carbocycles. The molecule has 0 aliphatic carbocycles. The fourth-order valence-electron chi connectivity index (χ4n) is 2.93. The highest BCUT2D eigenvalue weighted by Gasteiger charge is 2.18. The van der Waals surface area contributed by atoms with Crippen LogP contribution in [0.1, 0.15) is 22.3 Å². The second-order valence-electron chi connectivity index (χ2n) is 6.37. The molecule has 1 aliphatic rings. The number of para-hydroxylation sites is 1. The van der Waals surface area contributed by atoms with Gasteiger partial charge in [0.1, 0.15) is 0 Å². The van der Waals surface area contributed by atoms with Crippen molar-refractivity contribution >= 4 is 23.3 Å². The van der Waals surface area contributed by atoms with Crippen molar-refractivity contribution in [3.63, 3.8) is 0 Å². The summed E-state index contributed by atoms with van der Waals surface area (Å²) in [5.41, 5.74) is 2.85. The van der Waals surface area contributed by atoms with Crippen LogP contribution in [-0.4, -0.2) is 43.0 Å². The SMILES string of the molecule is Cc1ccc(C(=O)N2CCCNCC2)cc1NC(=O)Nc1ccccc1. The summed E-state index contributed by atoms with van der Waals surface area (Å²) in [6.45, 7) is 5.09. The molecule has 0 spiro atoms. The minimum Gasteiger partial charge on any atom is -0.337 e. The Balaban J connectivity index is 1.70. The highest BCUT2D eigenvalue weighted by Crippen LogP contribution is 2.19. The lowest BCUT2D eigenvalue weighted by molar-refractivity contribution is 0.0766. The summed E-state index contributed by atoms with van der Waals surface area (Å²) in [7, 11) is 0. The molecule has 136 valence electrons. The molecular weight excluding hydrogens is 328 g/mol. The Morgan fingerprint density at radius 2 is 1.81 bits per heavy atom. The van der Waals surface area contributed by atoms with Crippen molar-refractivity contribution in [3.8, 4) is 0 Å². The van der Waals surface area contributed by atoms with Crippen molar-refractivity contribution in [2.24, 2.45) is 0 Å². The van der Waals surface area contributed by atoms with Gasteiger partial charge >= 0.3 is 6.03 Å². The topological polar surface area (TPSA) is 73.5 Å². The Bertz CT molecular complexity index is 769. The number of nitrogens with one attached hydrogen (secondary N) is 3. The molecule has 26 heavy (non-hydrogen) atoms. The maximum absolute atomic E-state index is 12.8. The van der Waals surface area contributed by atoms with Gasteiger partial charge in [0.05, 0.1) is 0 Å². The van der Waals surface area contributed by atoms with Crippen LogP contribution in [0.2, 0.25) is 0 Å². The molecule has 0 atom stereocenters. The molecule has 1 heterocycles. The van der Waals surface area contributed by atoms with E-state index < -0.39 is 0 Å². The largest absolute Gasteiger partial charge is 0.337 e. The number of carbonyl (C=O) groups excluding carboxylic acids is 2. The molecule has 0 aromatic heterocycles. The van der Waals surface area contributed by atoms with E-state index in [2.05, 4.69) is 16.0 Å². The number of carbonyl (C=O) groups is 2. The molecule has 6 heteroatoms. The summed E-state index contributed by atoms with van der Waals surface area (Å²) >= 11 is 0. The zero-order valence-corrected chi connectivity index (χ0v) is 14.9. The molecule has 2 aromatic rings. The van der Waals surface area contributed by atoms with Crippen LogP contribution in [0.4, 0.5) is 16.2 Å². The Labute approximate surface area is 153 Å². The number of benzene rings is 2. The van der Waals surface area contributed by atoms with Gasteiger partial charge in [0.15, 0.2) is 0 Å². The van der Waals surface area contributed by atoms with Crippen LogP contribution >= 0.6 is 0 Å². The van der Waals surface area contributed by atoms with Gasteiger partial charge in [-0.05, 0) is 49.7 Å². The van der Waals surface area contributed by atoms with E-state index in [1.807, 2.05) is 54.3 Å². The van der Waals surface area contributed by atoms with Crippen molar-refractivity contribution in [3.05, 3.63) is 59.7 Å². The molecule has 3 amide bonds. The molecule has 1 fully saturated rings. The minimum absolute atomic E-state index is 0.000201. The number of rotatable bonds is 3. The van der Waals surface area contributed by atoms with E-state index >= 15 is 0 Å². The van der Waals surface area contributed by atoms with Crippen LogP contribution in [-0.2, 0) is 0 Å². The molecule has 3 rings (SSSR count). The zero-order chi connectivity index (χ0) is 18.4. The quantitative estimate of drug-likeness (QED) is 0.795. The van der Waals surface area contributed by atoms with Crippen LogP contribution in [0.3, 0.4) is 0 Å². The Kier molecular flexibility index (Phi) is 5.86. The number of aryl methyl sites for hydroxylation is 1. The smallest absolute Gasteiger partial charge is 0.323 e. The maximum Gasteiger partial charge on any atom is 0.323 e. The summed E-state index contributed by atoms with van der Waals surface area (Å²) in [5.74, 6) is 0.000201. The van der Waals surface area contributed by atoms with E-state index in [0.29, 0.717) is 23.5 Å². The highest BCUT2D eigenvalue weighted by atomic mass is 16.2. The lowest BCUT2D eigenvalue weighted by Gasteiger charge is -2.20. The number of hydrogen-bond acceptors (Lipinski definition) is 3. The fourth-order valence-corrected chi connectivity index (χ4v) is 2.93. The Hall–Kier alpha value is -2.86. The molecule has 1 aliphatic heterocycles. The van der Waals surface area contributed by atoms with E-state index in [9.17, 15) is 9.59 Å².